The van der Waals surface area contributed by atoms with E-state index in [1.54, 1.807) is 24.3 Å². The smallest absolute Gasteiger partial charge is 0.258 e. The molecule has 5 heteroatoms. The first-order chi connectivity index (χ1) is 9.74. The van der Waals surface area contributed by atoms with Crippen LogP contribution in [0.5, 0.6) is 0 Å². The van der Waals surface area contributed by atoms with Crippen molar-refractivity contribution in [2.24, 2.45) is 0 Å². The molecule has 20 heavy (non-hydrogen) atoms. The number of rotatable bonds is 4. The van der Waals surface area contributed by atoms with E-state index < -0.39 is 4.71 Å². The van der Waals surface area contributed by atoms with Gasteiger partial charge in [0.2, 0.25) is 0 Å². The Morgan fingerprint density at radius 2 is 1.80 bits per heavy atom. The molecule has 0 amide bonds. The van der Waals surface area contributed by atoms with Crippen LogP contribution in [0.1, 0.15) is 10.4 Å². The predicted octanol–water partition coefficient (Wildman–Crippen LogP) is 4.37. The highest BCUT2D eigenvalue weighted by Crippen LogP contribution is 2.30. The molecule has 0 fully saturated rings. The minimum atomic E-state index is -0.759. The van der Waals surface area contributed by atoms with Crippen LogP contribution in [0, 0.1) is 0 Å². The third-order valence-electron chi connectivity index (χ3n) is 2.74. The Morgan fingerprint density at radius 1 is 1.10 bits per heavy atom. The molecule has 3 nitrogen and oxygen atoms in total. The van der Waals surface area contributed by atoms with Crippen LogP contribution in [0.4, 0.5) is 0 Å². The number of fused-ring (bicyclic) bond motifs is 1. The second-order valence-corrected chi connectivity index (χ2v) is 5.86. The van der Waals surface area contributed by atoms with Crippen LogP contribution in [0.15, 0.2) is 64.2 Å². The number of thioether (sulfide) groups is 1. The average molecular weight is 304 g/mol. The largest absolute Gasteiger partial charge is 0.431 e. The summed E-state index contributed by atoms with van der Waals surface area (Å²) in [6, 6.07) is 16.4. The van der Waals surface area contributed by atoms with Gasteiger partial charge in [0.15, 0.2) is 16.1 Å². The first kappa shape index (κ1) is 13.2. The zero-order valence-corrected chi connectivity index (χ0v) is 11.9. The lowest BCUT2D eigenvalue weighted by Gasteiger charge is -2.05. The zero-order chi connectivity index (χ0) is 13.9. The van der Waals surface area contributed by atoms with Crippen molar-refractivity contribution in [2.75, 3.05) is 0 Å². The number of Topliss-reactive ketones (excluding diaryl/α,β-unsaturated/α-hetero) is 1. The maximum absolute atomic E-state index is 12.1. The summed E-state index contributed by atoms with van der Waals surface area (Å²) in [4.78, 5) is 16.4. The Hall–Kier alpha value is -1.78. The normalized spacial score (nSPS) is 12.4. The highest BCUT2D eigenvalue weighted by atomic mass is 35.5. The van der Waals surface area contributed by atoms with Crippen molar-refractivity contribution in [3.63, 3.8) is 0 Å². The molecule has 1 heterocycles. The Kier molecular flexibility index (Phi) is 3.76. The van der Waals surface area contributed by atoms with Gasteiger partial charge in [0.1, 0.15) is 5.52 Å². The van der Waals surface area contributed by atoms with Crippen molar-refractivity contribution in [1.82, 2.24) is 4.98 Å². The first-order valence-electron chi connectivity index (χ1n) is 5.99. The van der Waals surface area contributed by atoms with Gasteiger partial charge in [-0.3, -0.25) is 4.79 Å². The Balaban J connectivity index is 1.78. The Bertz CT molecular complexity index is 709. The molecule has 3 aromatic rings. The van der Waals surface area contributed by atoms with Gasteiger partial charge in [0.05, 0.1) is 0 Å². The third-order valence-corrected chi connectivity index (χ3v) is 4.01. The lowest BCUT2D eigenvalue weighted by atomic mass is 10.1. The number of oxazole rings is 1. The van der Waals surface area contributed by atoms with E-state index >= 15 is 0 Å². The molecule has 0 spiro atoms. The van der Waals surface area contributed by atoms with Gasteiger partial charge in [-0.15, -0.1) is 11.6 Å². The van der Waals surface area contributed by atoms with E-state index in [1.165, 1.54) is 0 Å². The van der Waals surface area contributed by atoms with Crippen molar-refractivity contribution >= 4 is 40.2 Å². The molecule has 1 unspecified atom stereocenters. The maximum Gasteiger partial charge on any atom is 0.258 e. The molecule has 0 radical (unpaired) electrons. The second-order valence-electron chi connectivity index (χ2n) is 4.11. The lowest BCUT2D eigenvalue weighted by Crippen LogP contribution is -2.10. The third kappa shape index (κ3) is 2.71. The molecule has 0 N–H and O–H groups in total. The highest BCUT2D eigenvalue weighted by Gasteiger charge is 2.21. The molecule has 2 aromatic carbocycles. The summed E-state index contributed by atoms with van der Waals surface area (Å²) in [6.07, 6.45) is 0. The zero-order valence-electron chi connectivity index (χ0n) is 10.3. The monoisotopic (exact) mass is 303 g/mol. The summed E-state index contributed by atoms with van der Waals surface area (Å²) in [7, 11) is 0. The van der Waals surface area contributed by atoms with Crippen LogP contribution in [-0.2, 0) is 0 Å². The predicted molar refractivity (Wildman–Crippen MR) is 80.3 cm³/mol. The fraction of sp³-hybridized carbons (Fsp3) is 0.0667. The molecule has 3 rings (SSSR count). The van der Waals surface area contributed by atoms with Crippen LogP contribution in [-0.4, -0.2) is 15.5 Å². The molecular formula is C15H10ClNO2S. The van der Waals surface area contributed by atoms with E-state index in [9.17, 15) is 4.79 Å². The number of carbonyl (C=O) groups is 1. The van der Waals surface area contributed by atoms with E-state index in [-0.39, 0.29) is 5.78 Å². The summed E-state index contributed by atoms with van der Waals surface area (Å²) in [5.74, 6) is -0.153. The topological polar surface area (TPSA) is 43.1 Å². The molecule has 1 aromatic heterocycles. The van der Waals surface area contributed by atoms with E-state index in [0.717, 1.165) is 17.3 Å². The van der Waals surface area contributed by atoms with Crippen LogP contribution in [0.3, 0.4) is 0 Å². The SMILES string of the molecule is O=C(c1ccccc1)C(Cl)Sc1nc2ccccc2o1. The second kappa shape index (κ2) is 5.69. The molecular weight excluding hydrogens is 294 g/mol. The van der Waals surface area contributed by atoms with Gasteiger partial charge in [-0.05, 0) is 23.9 Å². The molecule has 0 saturated heterocycles. The van der Waals surface area contributed by atoms with Gasteiger partial charge in [-0.25, -0.2) is 4.98 Å². The van der Waals surface area contributed by atoms with E-state index in [4.69, 9.17) is 16.0 Å². The van der Waals surface area contributed by atoms with Crippen LogP contribution >= 0.6 is 23.4 Å². The molecule has 0 aliphatic carbocycles. The van der Waals surface area contributed by atoms with Crippen molar-refractivity contribution in [1.29, 1.82) is 0 Å². The van der Waals surface area contributed by atoms with E-state index in [0.29, 0.717) is 16.4 Å². The van der Waals surface area contributed by atoms with Crippen molar-refractivity contribution < 1.29 is 9.21 Å². The number of ketones is 1. The standard InChI is InChI=1S/C15H10ClNO2S/c16-14(13(18)10-6-2-1-3-7-10)20-15-17-11-8-4-5-9-12(11)19-15/h1-9,14H. The fourth-order valence-electron chi connectivity index (χ4n) is 1.78. The van der Waals surface area contributed by atoms with Crippen molar-refractivity contribution in [2.45, 2.75) is 9.93 Å². The van der Waals surface area contributed by atoms with Crippen LogP contribution in [0.2, 0.25) is 0 Å². The number of benzene rings is 2. The summed E-state index contributed by atoms with van der Waals surface area (Å²) < 4.78 is 4.78. The van der Waals surface area contributed by atoms with E-state index in [2.05, 4.69) is 4.98 Å². The molecule has 0 aliphatic heterocycles. The van der Waals surface area contributed by atoms with Crippen LogP contribution < -0.4 is 0 Å². The van der Waals surface area contributed by atoms with Gasteiger partial charge < -0.3 is 4.42 Å². The molecule has 100 valence electrons. The number of aromatic nitrogens is 1. The number of halogens is 1. The first-order valence-corrected chi connectivity index (χ1v) is 7.31. The molecule has 1 atom stereocenters. The molecule has 0 bridgehead atoms. The van der Waals surface area contributed by atoms with Crippen molar-refractivity contribution in [3.8, 4) is 0 Å². The van der Waals surface area contributed by atoms with Crippen molar-refractivity contribution in [3.05, 3.63) is 60.2 Å². The van der Waals surface area contributed by atoms with Gasteiger partial charge in [0.25, 0.3) is 5.22 Å². The minimum absolute atomic E-state index is 0.153. The Labute approximate surface area is 125 Å². The number of nitrogens with zero attached hydrogens (tertiary/aromatic N) is 1. The van der Waals surface area contributed by atoms with Gasteiger partial charge in [-0.1, -0.05) is 42.5 Å². The Morgan fingerprint density at radius 3 is 2.55 bits per heavy atom. The lowest BCUT2D eigenvalue weighted by molar-refractivity contribution is 0.101. The summed E-state index contributed by atoms with van der Waals surface area (Å²) in [5.41, 5.74) is 2.02. The van der Waals surface area contributed by atoms with Gasteiger partial charge in [-0.2, -0.15) is 0 Å². The number of carbonyl (C=O) groups excluding carboxylic acids is 1. The van der Waals surface area contributed by atoms with Gasteiger partial charge in [0, 0.05) is 5.56 Å². The highest BCUT2D eigenvalue weighted by molar-refractivity contribution is 8.01. The fourth-order valence-corrected chi connectivity index (χ4v) is 2.84. The molecule has 0 aliphatic rings. The van der Waals surface area contributed by atoms with Crippen LogP contribution in [0.25, 0.3) is 11.1 Å². The number of alkyl halides is 1. The average Bonchev–Trinajstić information content (AvgIpc) is 2.89. The van der Waals surface area contributed by atoms with E-state index in [1.807, 2.05) is 30.3 Å². The summed E-state index contributed by atoms with van der Waals surface area (Å²) >= 11 is 7.25. The quantitative estimate of drug-likeness (QED) is 0.408. The number of para-hydroxylation sites is 2. The maximum atomic E-state index is 12.1. The summed E-state index contributed by atoms with van der Waals surface area (Å²) in [5, 5.41) is 0.399. The van der Waals surface area contributed by atoms with Gasteiger partial charge >= 0.3 is 0 Å². The number of hydrogen-bond donors (Lipinski definition) is 0. The number of hydrogen-bond acceptors (Lipinski definition) is 4. The molecule has 0 saturated carbocycles. The summed E-state index contributed by atoms with van der Waals surface area (Å²) in [6.45, 7) is 0. The minimum Gasteiger partial charge on any atom is -0.431 e.